The Morgan fingerprint density at radius 1 is 1.33 bits per heavy atom. The SMILES string of the molecule is CCc1nn(C)cc1C(=O)Nc1ccc(C(C)NC)cc1. The minimum atomic E-state index is -0.116. The van der Waals surface area contributed by atoms with E-state index in [1.165, 1.54) is 5.56 Å². The van der Waals surface area contributed by atoms with Crippen molar-refractivity contribution in [1.82, 2.24) is 15.1 Å². The molecule has 21 heavy (non-hydrogen) atoms. The van der Waals surface area contributed by atoms with Crippen LogP contribution in [0.4, 0.5) is 5.69 Å². The number of carbonyl (C=O) groups excluding carboxylic acids is 1. The average molecular weight is 286 g/mol. The van der Waals surface area contributed by atoms with Gasteiger partial charge in [-0.2, -0.15) is 5.10 Å². The molecule has 1 atom stereocenters. The van der Waals surface area contributed by atoms with Crippen molar-refractivity contribution in [1.29, 1.82) is 0 Å². The van der Waals surface area contributed by atoms with Gasteiger partial charge >= 0.3 is 0 Å². The van der Waals surface area contributed by atoms with Crippen molar-refractivity contribution in [3.05, 3.63) is 47.3 Å². The van der Waals surface area contributed by atoms with Gasteiger partial charge in [-0.05, 0) is 38.1 Å². The molecule has 5 nitrogen and oxygen atoms in total. The zero-order valence-corrected chi connectivity index (χ0v) is 13.0. The molecule has 0 spiro atoms. The van der Waals surface area contributed by atoms with Crippen LogP contribution in [0.1, 0.15) is 41.5 Å². The highest BCUT2D eigenvalue weighted by molar-refractivity contribution is 6.04. The van der Waals surface area contributed by atoms with Gasteiger partial charge in [-0.25, -0.2) is 0 Å². The van der Waals surface area contributed by atoms with Gasteiger partial charge in [0.1, 0.15) is 0 Å². The standard InChI is InChI=1S/C16H22N4O/c1-5-15-14(10-20(4)19-15)16(21)18-13-8-6-12(7-9-13)11(2)17-3/h6-11,17H,5H2,1-4H3,(H,18,21). The van der Waals surface area contributed by atoms with Crippen LogP contribution in [-0.2, 0) is 13.5 Å². The van der Waals surface area contributed by atoms with Crippen molar-refractivity contribution in [3.63, 3.8) is 0 Å². The number of nitrogens with zero attached hydrogens (tertiary/aromatic N) is 2. The van der Waals surface area contributed by atoms with E-state index in [2.05, 4.69) is 22.7 Å². The topological polar surface area (TPSA) is 59.0 Å². The van der Waals surface area contributed by atoms with E-state index in [1.54, 1.807) is 10.9 Å². The lowest BCUT2D eigenvalue weighted by Crippen LogP contribution is -2.14. The summed E-state index contributed by atoms with van der Waals surface area (Å²) in [6.07, 6.45) is 2.49. The number of nitrogens with one attached hydrogen (secondary N) is 2. The first kappa shape index (κ1) is 15.3. The Bertz CT molecular complexity index is 616. The summed E-state index contributed by atoms with van der Waals surface area (Å²) in [7, 11) is 3.75. The summed E-state index contributed by atoms with van der Waals surface area (Å²) < 4.78 is 1.67. The molecule has 5 heteroatoms. The fraction of sp³-hybridized carbons (Fsp3) is 0.375. The minimum Gasteiger partial charge on any atom is -0.322 e. The van der Waals surface area contributed by atoms with Crippen LogP contribution < -0.4 is 10.6 Å². The summed E-state index contributed by atoms with van der Waals surface area (Å²) in [6.45, 7) is 4.09. The molecular weight excluding hydrogens is 264 g/mol. The lowest BCUT2D eigenvalue weighted by atomic mass is 10.1. The first-order valence-electron chi connectivity index (χ1n) is 7.16. The van der Waals surface area contributed by atoms with Gasteiger partial charge in [0, 0.05) is 25.0 Å². The monoisotopic (exact) mass is 286 g/mol. The molecule has 2 rings (SSSR count). The second kappa shape index (κ2) is 6.54. The van der Waals surface area contributed by atoms with Crippen LogP contribution in [0.5, 0.6) is 0 Å². The first-order valence-corrected chi connectivity index (χ1v) is 7.16. The van der Waals surface area contributed by atoms with E-state index < -0.39 is 0 Å². The van der Waals surface area contributed by atoms with Gasteiger partial charge in [0.2, 0.25) is 0 Å². The Morgan fingerprint density at radius 3 is 2.57 bits per heavy atom. The van der Waals surface area contributed by atoms with Gasteiger partial charge in [-0.15, -0.1) is 0 Å². The van der Waals surface area contributed by atoms with E-state index >= 15 is 0 Å². The van der Waals surface area contributed by atoms with E-state index in [-0.39, 0.29) is 5.91 Å². The van der Waals surface area contributed by atoms with Gasteiger partial charge in [0.05, 0.1) is 11.3 Å². The molecule has 2 aromatic rings. The molecular formula is C16H22N4O. The van der Waals surface area contributed by atoms with Crippen LogP contribution in [0.2, 0.25) is 0 Å². The number of hydrogen-bond acceptors (Lipinski definition) is 3. The van der Waals surface area contributed by atoms with E-state index in [4.69, 9.17) is 0 Å². The number of aromatic nitrogens is 2. The summed E-state index contributed by atoms with van der Waals surface area (Å²) in [5.41, 5.74) is 3.42. The maximum absolute atomic E-state index is 12.3. The Balaban J connectivity index is 2.12. The Labute approximate surface area is 125 Å². The fourth-order valence-corrected chi connectivity index (χ4v) is 2.21. The van der Waals surface area contributed by atoms with E-state index in [0.717, 1.165) is 17.8 Å². The van der Waals surface area contributed by atoms with Gasteiger partial charge in [-0.1, -0.05) is 19.1 Å². The minimum absolute atomic E-state index is 0.116. The highest BCUT2D eigenvalue weighted by Crippen LogP contribution is 2.17. The number of rotatable bonds is 5. The second-order valence-electron chi connectivity index (χ2n) is 5.10. The number of anilines is 1. The van der Waals surface area contributed by atoms with E-state index in [9.17, 15) is 4.79 Å². The highest BCUT2D eigenvalue weighted by atomic mass is 16.1. The molecule has 112 valence electrons. The lowest BCUT2D eigenvalue weighted by molar-refractivity contribution is 0.102. The normalized spacial score (nSPS) is 12.2. The van der Waals surface area contributed by atoms with Crippen molar-refractivity contribution >= 4 is 11.6 Å². The number of carbonyl (C=O) groups is 1. The molecule has 0 radical (unpaired) electrons. The first-order chi connectivity index (χ1) is 10.0. The summed E-state index contributed by atoms with van der Waals surface area (Å²) in [5, 5.41) is 10.4. The largest absolute Gasteiger partial charge is 0.322 e. The molecule has 0 bridgehead atoms. The molecule has 1 aromatic heterocycles. The molecule has 0 aliphatic carbocycles. The zero-order valence-electron chi connectivity index (χ0n) is 13.0. The lowest BCUT2D eigenvalue weighted by Gasteiger charge is -2.11. The predicted octanol–water partition coefficient (Wildman–Crippen LogP) is 2.52. The molecule has 0 fully saturated rings. The van der Waals surface area contributed by atoms with Crippen molar-refractivity contribution in [2.24, 2.45) is 7.05 Å². The molecule has 2 N–H and O–H groups in total. The van der Waals surface area contributed by atoms with E-state index in [0.29, 0.717) is 11.6 Å². The molecule has 0 saturated carbocycles. The molecule has 0 aliphatic heterocycles. The molecule has 0 saturated heterocycles. The van der Waals surface area contributed by atoms with E-state index in [1.807, 2.05) is 45.3 Å². The average Bonchev–Trinajstić information content (AvgIpc) is 2.88. The quantitative estimate of drug-likeness (QED) is 0.888. The van der Waals surface area contributed by atoms with Gasteiger partial charge in [0.25, 0.3) is 5.91 Å². The van der Waals surface area contributed by atoms with Crippen molar-refractivity contribution in [2.45, 2.75) is 26.3 Å². The van der Waals surface area contributed by atoms with Crippen LogP contribution in [0.25, 0.3) is 0 Å². The summed E-state index contributed by atoms with van der Waals surface area (Å²) in [6, 6.07) is 8.16. The zero-order chi connectivity index (χ0) is 15.4. The maximum Gasteiger partial charge on any atom is 0.259 e. The van der Waals surface area contributed by atoms with Crippen LogP contribution in [-0.4, -0.2) is 22.7 Å². The molecule has 0 aliphatic rings. The Morgan fingerprint density at radius 2 is 2.00 bits per heavy atom. The Hall–Kier alpha value is -2.14. The molecule has 1 aromatic carbocycles. The third-order valence-electron chi connectivity index (χ3n) is 3.59. The smallest absolute Gasteiger partial charge is 0.259 e. The fourth-order valence-electron chi connectivity index (χ4n) is 2.21. The molecule has 1 unspecified atom stereocenters. The molecule has 1 heterocycles. The van der Waals surface area contributed by atoms with Crippen molar-refractivity contribution < 1.29 is 4.79 Å². The van der Waals surface area contributed by atoms with Crippen molar-refractivity contribution in [2.75, 3.05) is 12.4 Å². The summed E-state index contributed by atoms with van der Waals surface area (Å²) in [4.78, 5) is 12.3. The third-order valence-corrected chi connectivity index (χ3v) is 3.59. The van der Waals surface area contributed by atoms with Gasteiger partial charge in [0.15, 0.2) is 0 Å². The van der Waals surface area contributed by atoms with Crippen molar-refractivity contribution in [3.8, 4) is 0 Å². The van der Waals surface area contributed by atoms with Crippen LogP contribution in [0, 0.1) is 0 Å². The molecule has 1 amide bonds. The maximum atomic E-state index is 12.3. The number of amides is 1. The van der Waals surface area contributed by atoms with Crippen LogP contribution >= 0.6 is 0 Å². The van der Waals surface area contributed by atoms with Crippen LogP contribution in [0.3, 0.4) is 0 Å². The highest BCUT2D eigenvalue weighted by Gasteiger charge is 2.14. The number of benzene rings is 1. The van der Waals surface area contributed by atoms with Gasteiger partial charge < -0.3 is 10.6 Å². The number of aryl methyl sites for hydroxylation is 2. The van der Waals surface area contributed by atoms with Gasteiger partial charge in [-0.3, -0.25) is 9.48 Å². The summed E-state index contributed by atoms with van der Waals surface area (Å²) in [5.74, 6) is -0.116. The Kier molecular flexibility index (Phi) is 4.75. The predicted molar refractivity (Wildman–Crippen MR) is 84.5 cm³/mol. The third kappa shape index (κ3) is 3.49. The summed E-state index contributed by atoms with van der Waals surface area (Å²) >= 11 is 0. The second-order valence-corrected chi connectivity index (χ2v) is 5.10. The number of hydrogen-bond donors (Lipinski definition) is 2. The van der Waals surface area contributed by atoms with Crippen LogP contribution in [0.15, 0.2) is 30.5 Å².